The summed E-state index contributed by atoms with van der Waals surface area (Å²) in [7, 11) is 1.37. The minimum Gasteiger partial charge on any atom is -0.469 e. The molecule has 0 aliphatic carbocycles. The van der Waals surface area contributed by atoms with Crippen LogP contribution in [0.1, 0.15) is 12.1 Å². The van der Waals surface area contributed by atoms with Crippen LogP contribution in [0.5, 0.6) is 0 Å². The molecule has 82 valence electrons. The number of esters is 1. The predicted molar refractivity (Wildman–Crippen MR) is 58.7 cm³/mol. The van der Waals surface area contributed by atoms with Crippen molar-refractivity contribution >= 4 is 17.8 Å². The second-order valence-electron chi connectivity index (χ2n) is 3.16. The van der Waals surface area contributed by atoms with Crippen LogP contribution in [0.25, 0.3) is 11.9 Å². The van der Waals surface area contributed by atoms with E-state index in [0.717, 1.165) is 5.69 Å². The van der Waals surface area contributed by atoms with Gasteiger partial charge in [0.1, 0.15) is 0 Å². The lowest BCUT2D eigenvalue weighted by Crippen LogP contribution is -1.96. The number of imidazole rings is 1. The van der Waals surface area contributed by atoms with Crippen LogP contribution in [0.2, 0.25) is 0 Å². The predicted octanol–water partition coefficient (Wildman–Crippen LogP) is 1.31. The topological polar surface area (TPSA) is 56.5 Å². The number of rotatable bonds is 3. The normalized spacial score (nSPS) is 11.1. The van der Waals surface area contributed by atoms with Gasteiger partial charge in [0, 0.05) is 12.4 Å². The third-order valence-electron chi connectivity index (χ3n) is 2.12. The van der Waals surface area contributed by atoms with Crippen molar-refractivity contribution < 1.29 is 9.53 Å². The summed E-state index contributed by atoms with van der Waals surface area (Å²) in [5, 5.41) is 0. The first-order valence-electron chi connectivity index (χ1n) is 4.82. The summed E-state index contributed by atoms with van der Waals surface area (Å²) >= 11 is 0. The van der Waals surface area contributed by atoms with Crippen LogP contribution in [0, 0.1) is 0 Å². The summed E-state index contributed by atoms with van der Waals surface area (Å²) in [4.78, 5) is 19.1. The number of hydrogen-bond acceptors (Lipinski definition) is 4. The molecule has 0 saturated heterocycles. The van der Waals surface area contributed by atoms with E-state index in [4.69, 9.17) is 0 Å². The number of aromatic nitrogens is 3. The van der Waals surface area contributed by atoms with Crippen LogP contribution in [-0.2, 0) is 9.53 Å². The molecule has 0 radical (unpaired) electrons. The molecule has 2 aromatic rings. The monoisotopic (exact) mass is 217 g/mol. The Hall–Kier alpha value is -2.17. The largest absolute Gasteiger partial charge is 0.469 e. The lowest BCUT2D eigenvalue weighted by Gasteiger charge is -1.94. The first-order valence-corrected chi connectivity index (χ1v) is 4.82. The Bertz CT molecular complexity index is 531. The number of hydrogen-bond donors (Lipinski definition) is 0. The van der Waals surface area contributed by atoms with Gasteiger partial charge in [-0.2, -0.15) is 0 Å². The Labute approximate surface area is 92.4 Å². The molecule has 2 rings (SSSR count). The molecule has 2 heterocycles. The van der Waals surface area contributed by atoms with Crippen molar-refractivity contribution in [1.29, 1.82) is 0 Å². The van der Waals surface area contributed by atoms with Gasteiger partial charge in [0.15, 0.2) is 0 Å². The highest BCUT2D eigenvalue weighted by atomic mass is 16.5. The quantitative estimate of drug-likeness (QED) is 0.727. The van der Waals surface area contributed by atoms with Crippen molar-refractivity contribution in [2.24, 2.45) is 0 Å². The molecule has 0 spiro atoms. The summed E-state index contributed by atoms with van der Waals surface area (Å²) in [6, 6.07) is 1.83. The highest BCUT2D eigenvalue weighted by molar-refractivity contribution is 5.72. The van der Waals surface area contributed by atoms with E-state index in [1.807, 2.05) is 22.7 Å². The maximum Gasteiger partial charge on any atom is 0.309 e. The standard InChI is InChI=1S/C11H11N3O2/c1-16-10(15)5-2-4-9-8-13-11-12-6-3-7-14(9)11/h2-4,6-8H,5H2,1H3. The number of methoxy groups -OCH3 is 1. The van der Waals surface area contributed by atoms with Crippen LogP contribution in [0.4, 0.5) is 0 Å². The van der Waals surface area contributed by atoms with Gasteiger partial charge in [0.25, 0.3) is 0 Å². The van der Waals surface area contributed by atoms with E-state index in [0.29, 0.717) is 5.78 Å². The van der Waals surface area contributed by atoms with Crippen molar-refractivity contribution in [3.8, 4) is 0 Å². The molecule has 0 aliphatic heterocycles. The first kappa shape index (κ1) is 10.4. The van der Waals surface area contributed by atoms with E-state index < -0.39 is 0 Å². The minimum absolute atomic E-state index is 0.254. The fourth-order valence-corrected chi connectivity index (χ4v) is 1.33. The Balaban J connectivity index is 2.18. The highest BCUT2D eigenvalue weighted by Gasteiger charge is 1.99. The van der Waals surface area contributed by atoms with E-state index in [1.165, 1.54) is 7.11 Å². The van der Waals surface area contributed by atoms with Gasteiger partial charge in [-0.15, -0.1) is 0 Å². The zero-order chi connectivity index (χ0) is 11.4. The van der Waals surface area contributed by atoms with E-state index in [1.54, 1.807) is 18.5 Å². The second-order valence-corrected chi connectivity index (χ2v) is 3.16. The van der Waals surface area contributed by atoms with E-state index in [9.17, 15) is 4.79 Å². The third-order valence-corrected chi connectivity index (χ3v) is 2.12. The molecule has 0 saturated carbocycles. The molecule has 0 atom stereocenters. The van der Waals surface area contributed by atoms with Crippen molar-refractivity contribution in [1.82, 2.24) is 14.4 Å². The summed E-state index contributed by atoms with van der Waals surface area (Å²) in [5.41, 5.74) is 0.881. The van der Waals surface area contributed by atoms with Gasteiger partial charge >= 0.3 is 5.97 Å². The Morgan fingerprint density at radius 1 is 1.56 bits per heavy atom. The van der Waals surface area contributed by atoms with E-state index >= 15 is 0 Å². The van der Waals surface area contributed by atoms with E-state index in [-0.39, 0.29) is 12.4 Å². The molecule has 0 aliphatic rings. The molecule has 5 heteroatoms. The van der Waals surface area contributed by atoms with Crippen LogP contribution in [0.15, 0.2) is 30.7 Å². The van der Waals surface area contributed by atoms with Gasteiger partial charge in [0.2, 0.25) is 5.78 Å². The van der Waals surface area contributed by atoms with Crippen molar-refractivity contribution in [2.75, 3.05) is 7.11 Å². The molecular weight excluding hydrogens is 206 g/mol. The molecule has 0 amide bonds. The SMILES string of the molecule is COC(=O)CC=Cc1cnc2ncccn12. The van der Waals surface area contributed by atoms with Crippen LogP contribution < -0.4 is 0 Å². The molecule has 0 unspecified atom stereocenters. The molecular formula is C11H11N3O2. The number of fused-ring (bicyclic) bond motifs is 1. The third kappa shape index (κ3) is 2.08. The maximum atomic E-state index is 10.9. The van der Waals surface area contributed by atoms with Crippen molar-refractivity contribution in [2.45, 2.75) is 6.42 Å². The maximum absolute atomic E-state index is 10.9. The molecule has 0 N–H and O–H groups in total. The summed E-state index contributed by atoms with van der Waals surface area (Å²) in [5.74, 6) is 0.378. The van der Waals surface area contributed by atoms with Gasteiger partial charge in [0.05, 0.1) is 25.4 Å². The van der Waals surface area contributed by atoms with Gasteiger partial charge in [-0.25, -0.2) is 9.97 Å². The van der Waals surface area contributed by atoms with E-state index in [2.05, 4.69) is 14.7 Å². The van der Waals surface area contributed by atoms with Crippen LogP contribution in [0.3, 0.4) is 0 Å². The summed E-state index contributed by atoms with van der Waals surface area (Å²) < 4.78 is 6.37. The fourth-order valence-electron chi connectivity index (χ4n) is 1.33. The lowest BCUT2D eigenvalue weighted by molar-refractivity contribution is -0.139. The summed E-state index contributed by atoms with van der Waals surface area (Å²) in [6.07, 6.45) is 9.07. The number of nitrogens with zero attached hydrogens (tertiary/aromatic N) is 3. The average Bonchev–Trinajstić information content (AvgIpc) is 2.73. The zero-order valence-electron chi connectivity index (χ0n) is 8.83. The van der Waals surface area contributed by atoms with Crippen LogP contribution >= 0.6 is 0 Å². The fraction of sp³-hybridized carbons (Fsp3) is 0.182. The van der Waals surface area contributed by atoms with Crippen LogP contribution in [-0.4, -0.2) is 27.4 Å². The minimum atomic E-state index is -0.261. The van der Waals surface area contributed by atoms with Gasteiger partial charge in [-0.1, -0.05) is 6.08 Å². The number of carbonyl (C=O) groups is 1. The number of carbonyl (C=O) groups excluding carboxylic acids is 1. The van der Waals surface area contributed by atoms with Gasteiger partial charge in [-0.05, 0) is 12.1 Å². The first-order chi connectivity index (χ1) is 7.81. The van der Waals surface area contributed by atoms with Crippen molar-refractivity contribution in [3.05, 3.63) is 36.4 Å². The number of ether oxygens (including phenoxy) is 1. The lowest BCUT2D eigenvalue weighted by atomic mass is 10.3. The van der Waals surface area contributed by atoms with Crippen molar-refractivity contribution in [3.63, 3.8) is 0 Å². The Kier molecular flexibility index (Phi) is 2.95. The molecule has 2 aromatic heterocycles. The molecule has 0 fully saturated rings. The molecule has 16 heavy (non-hydrogen) atoms. The molecule has 0 aromatic carbocycles. The smallest absolute Gasteiger partial charge is 0.309 e. The average molecular weight is 217 g/mol. The Morgan fingerprint density at radius 3 is 3.25 bits per heavy atom. The Morgan fingerprint density at radius 2 is 2.44 bits per heavy atom. The zero-order valence-corrected chi connectivity index (χ0v) is 8.83. The van der Waals surface area contributed by atoms with Gasteiger partial charge in [-0.3, -0.25) is 9.20 Å². The summed E-state index contributed by atoms with van der Waals surface area (Å²) in [6.45, 7) is 0. The highest BCUT2D eigenvalue weighted by Crippen LogP contribution is 2.05. The molecule has 0 bridgehead atoms. The molecule has 5 nitrogen and oxygen atoms in total. The second kappa shape index (κ2) is 4.57. The van der Waals surface area contributed by atoms with Gasteiger partial charge < -0.3 is 4.74 Å².